The summed E-state index contributed by atoms with van der Waals surface area (Å²) >= 11 is 0. The second-order valence-electron chi connectivity index (χ2n) is 7.33. The van der Waals surface area contributed by atoms with Crippen molar-refractivity contribution in [2.45, 2.75) is 32.5 Å². The number of aromatic nitrogens is 2. The Morgan fingerprint density at radius 1 is 1.06 bits per heavy atom. The van der Waals surface area contributed by atoms with Gasteiger partial charge in [0.15, 0.2) is 0 Å². The van der Waals surface area contributed by atoms with E-state index in [-0.39, 0.29) is 16.4 Å². The zero-order chi connectivity index (χ0) is 23.2. The number of aromatic carboxylic acids is 1. The molecule has 7 nitrogen and oxygen atoms in total. The Labute approximate surface area is 183 Å². The van der Waals surface area contributed by atoms with E-state index in [2.05, 4.69) is 47.3 Å². The van der Waals surface area contributed by atoms with Crippen molar-refractivity contribution in [3.8, 4) is 11.3 Å². The van der Waals surface area contributed by atoms with Crippen LogP contribution in [-0.4, -0.2) is 42.8 Å². The molecule has 3 aromatic rings. The molecule has 0 spiro atoms. The number of sulfone groups is 1. The number of nitrogens with one attached hydrogen (secondary N) is 1. The molecule has 0 amide bonds. The quantitative estimate of drug-likeness (QED) is 0.583. The van der Waals surface area contributed by atoms with Gasteiger partial charge in [-0.2, -0.15) is 0 Å². The molecule has 0 bridgehead atoms. The van der Waals surface area contributed by atoms with Crippen LogP contribution >= 0.6 is 0 Å². The minimum Gasteiger partial charge on any atom is -0.478 e. The summed E-state index contributed by atoms with van der Waals surface area (Å²) in [6, 6.07) is 13.6. The summed E-state index contributed by atoms with van der Waals surface area (Å²) in [5.41, 5.74) is 5.39. The van der Waals surface area contributed by atoms with Crippen LogP contribution in [0.15, 0.2) is 53.8 Å². The van der Waals surface area contributed by atoms with E-state index < -0.39 is 15.8 Å². The van der Waals surface area contributed by atoms with Crippen LogP contribution in [0.4, 0.5) is 0 Å². The summed E-state index contributed by atoms with van der Waals surface area (Å²) in [6.45, 7) is 7.02. The van der Waals surface area contributed by atoms with Crippen LogP contribution < -0.4 is 5.32 Å². The number of aryl methyl sites for hydroxylation is 3. The third-order valence-electron chi connectivity index (χ3n) is 4.39. The zero-order valence-electron chi connectivity index (χ0n) is 18.3. The Bertz CT molecular complexity index is 1170. The van der Waals surface area contributed by atoms with Gasteiger partial charge in [0, 0.05) is 24.6 Å². The van der Waals surface area contributed by atoms with E-state index in [1.807, 2.05) is 7.05 Å². The highest BCUT2D eigenvalue weighted by atomic mass is 32.2. The largest absolute Gasteiger partial charge is 0.478 e. The Morgan fingerprint density at radius 3 is 2.19 bits per heavy atom. The molecule has 0 saturated carbocycles. The maximum absolute atomic E-state index is 11.5. The van der Waals surface area contributed by atoms with E-state index in [1.165, 1.54) is 16.7 Å². The normalized spacial score (nSPS) is 10.9. The molecule has 2 N–H and O–H groups in total. The third-order valence-corrected chi connectivity index (χ3v) is 5.25. The van der Waals surface area contributed by atoms with Crippen LogP contribution in [0, 0.1) is 20.8 Å². The second kappa shape index (κ2) is 10.3. The van der Waals surface area contributed by atoms with Crippen molar-refractivity contribution >= 4 is 15.8 Å². The standard InChI is InChI=1S/C13H12N2O4S.C10H15N/c1-8-5-3-4-6-9(8)11-10(12(16)17)7-14-13(15-11)20(2,18)19;1-8-4-9(2)6-10(5-8)7-11-3/h3-7H,1-2H3,(H,16,17);4-6,11H,7H2,1-3H3. The molecular weight excluding hydrogens is 414 g/mol. The first-order valence-electron chi connectivity index (χ1n) is 9.61. The number of hydrogen-bond donors (Lipinski definition) is 2. The molecular formula is C23H27N3O4S. The van der Waals surface area contributed by atoms with E-state index in [0.29, 0.717) is 5.56 Å². The Hall–Kier alpha value is -3.10. The molecule has 0 fully saturated rings. The molecule has 1 aromatic heterocycles. The number of carboxylic acids is 1. The van der Waals surface area contributed by atoms with Gasteiger partial charge in [0.2, 0.25) is 15.0 Å². The monoisotopic (exact) mass is 441 g/mol. The van der Waals surface area contributed by atoms with E-state index in [0.717, 1.165) is 24.6 Å². The summed E-state index contributed by atoms with van der Waals surface area (Å²) in [5, 5.41) is 11.9. The number of benzene rings is 2. The summed E-state index contributed by atoms with van der Waals surface area (Å²) in [7, 11) is -1.63. The fourth-order valence-electron chi connectivity index (χ4n) is 3.12. The van der Waals surface area contributed by atoms with Gasteiger partial charge in [-0.05, 0) is 38.9 Å². The van der Waals surface area contributed by atoms with Crippen LogP contribution in [0.25, 0.3) is 11.3 Å². The molecule has 0 saturated heterocycles. The molecule has 0 aliphatic carbocycles. The summed E-state index contributed by atoms with van der Waals surface area (Å²) in [6.07, 6.45) is 2.00. The van der Waals surface area contributed by atoms with Crippen molar-refractivity contribution < 1.29 is 18.3 Å². The maximum atomic E-state index is 11.5. The molecule has 0 aliphatic rings. The van der Waals surface area contributed by atoms with Gasteiger partial charge in [-0.15, -0.1) is 0 Å². The van der Waals surface area contributed by atoms with Crippen molar-refractivity contribution in [2.24, 2.45) is 0 Å². The minimum absolute atomic E-state index is 0.103. The highest BCUT2D eigenvalue weighted by Crippen LogP contribution is 2.25. The smallest absolute Gasteiger partial charge is 0.339 e. The average Bonchev–Trinajstić information content (AvgIpc) is 2.67. The average molecular weight is 442 g/mol. The lowest BCUT2D eigenvalue weighted by atomic mass is 10.0. The van der Waals surface area contributed by atoms with Crippen molar-refractivity contribution in [3.63, 3.8) is 0 Å². The topological polar surface area (TPSA) is 109 Å². The minimum atomic E-state index is -3.60. The van der Waals surface area contributed by atoms with Crippen molar-refractivity contribution in [1.29, 1.82) is 0 Å². The van der Waals surface area contributed by atoms with Gasteiger partial charge in [-0.25, -0.2) is 23.2 Å². The molecule has 8 heteroatoms. The van der Waals surface area contributed by atoms with Crippen LogP contribution in [0.1, 0.15) is 32.6 Å². The van der Waals surface area contributed by atoms with Gasteiger partial charge in [-0.3, -0.25) is 0 Å². The number of carbonyl (C=O) groups is 1. The van der Waals surface area contributed by atoms with Crippen molar-refractivity contribution in [2.75, 3.05) is 13.3 Å². The fourth-order valence-corrected chi connectivity index (χ4v) is 3.62. The predicted molar refractivity (Wildman–Crippen MR) is 121 cm³/mol. The molecule has 1 heterocycles. The molecule has 0 atom stereocenters. The van der Waals surface area contributed by atoms with Gasteiger partial charge in [-0.1, -0.05) is 53.6 Å². The Kier molecular flexibility index (Phi) is 8.01. The van der Waals surface area contributed by atoms with E-state index in [9.17, 15) is 18.3 Å². The SMILES string of the molecule is CNCc1cc(C)cc(C)c1.Cc1ccccc1-c1nc(S(C)(=O)=O)ncc1C(=O)O. The third kappa shape index (κ3) is 6.70. The lowest BCUT2D eigenvalue weighted by Crippen LogP contribution is -2.10. The summed E-state index contributed by atoms with van der Waals surface area (Å²) in [4.78, 5) is 18.8. The van der Waals surface area contributed by atoms with Gasteiger partial charge < -0.3 is 10.4 Å². The van der Waals surface area contributed by atoms with Crippen LogP contribution in [0.3, 0.4) is 0 Å². The van der Waals surface area contributed by atoms with E-state index >= 15 is 0 Å². The fraction of sp³-hybridized carbons (Fsp3) is 0.261. The Morgan fingerprint density at radius 2 is 1.68 bits per heavy atom. The van der Waals surface area contributed by atoms with Crippen molar-refractivity contribution in [3.05, 3.63) is 76.5 Å². The molecule has 0 radical (unpaired) electrons. The zero-order valence-corrected chi connectivity index (χ0v) is 19.1. The van der Waals surface area contributed by atoms with Crippen LogP contribution in [0.5, 0.6) is 0 Å². The predicted octanol–water partition coefficient (Wildman–Crippen LogP) is 3.58. The van der Waals surface area contributed by atoms with Gasteiger partial charge >= 0.3 is 5.97 Å². The maximum Gasteiger partial charge on any atom is 0.339 e. The molecule has 0 unspecified atom stereocenters. The summed E-state index contributed by atoms with van der Waals surface area (Å²) < 4.78 is 23.0. The first-order valence-corrected chi connectivity index (χ1v) is 11.5. The van der Waals surface area contributed by atoms with Crippen LogP contribution in [-0.2, 0) is 16.4 Å². The number of carboxylic acid groups (broad SMARTS) is 1. The molecule has 164 valence electrons. The first kappa shape index (κ1) is 24.2. The molecule has 2 aromatic carbocycles. The van der Waals surface area contributed by atoms with Crippen molar-refractivity contribution in [1.82, 2.24) is 15.3 Å². The van der Waals surface area contributed by atoms with Gasteiger partial charge in [0.1, 0.15) is 5.56 Å². The van der Waals surface area contributed by atoms with E-state index in [4.69, 9.17) is 0 Å². The lowest BCUT2D eigenvalue weighted by Gasteiger charge is -2.09. The number of nitrogens with zero attached hydrogens (tertiary/aromatic N) is 2. The highest BCUT2D eigenvalue weighted by Gasteiger charge is 2.20. The molecule has 31 heavy (non-hydrogen) atoms. The lowest BCUT2D eigenvalue weighted by molar-refractivity contribution is 0.0696. The van der Waals surface area contributed by atoms with Gasteiger partial charge in [0.05, 0.1) is 5.69 Å². The Balaban J connectivity index is 0.000000262. The summed E-state index contributed by atoms with van der Waals surface area (Å²) in [5.74, 6) is -1.21. The molecule has 3 rings (SSSR count). The molecule has 0 aliphatic heterocycles. The number of hydrogen-bond acceptors (Lipinski definition) is 6. The van der Waals surface area contributed by atoms with Gasteiger partial charge in [0.25, 0.3) is 0 Å². The first-order chi connectivity index (χ1) is 14.5. The highest BCUT2D eigenvalue weighted by molar-refractivity contribution is 7.90. The number of rotatable bonds is 5. The van der Waals surface area contributed by atoms with Crippen LogP contribution in [0.2, 0.25) is 0 Å². The van der Waals surface area contributed by atoms with E-state index in [1.54, 1.807) is 31.2 Å². The second-order valence-corrected chi connectivity index (χ2v) is 9.24.